The number of hydrogen-bond acceptors (Lipinski definition) is 4. The topological polar surface area (TPSA) is 78.0 Å². The van der Waals surface area contributed by atoms with Crippen molar-refractivity contribution in [3.05, 3.63) is 52.7 Å². The lowest BCUT2D eigenvalue weighted by molar-refractivity contribution is -0.120. The third kappa shape index (κ3) is 3.35. The van der Waals surface area contributed by atoms with Crippen molar-refractivity contribution in [2.45, 2.75) is 19.4 Å². The number of fused-ring (bicyclic) bond motifs is 1. The van der Waals surface area contributed by atoms with E-state index in [4.69, 9.17) is 0 Å². The van der Waals surface area contributed by atoms with Crippen LogP contribution in [0.5, 0.6) is 0 Å². The van der Waals surface area contributed by atoms with E-state index in [1.165, 1.54) is 0 Å². The molecule has 114 valence electrons. The number of aliphatic hydroxyl groups excluding tert-OH is 1. The summed E-state index contributed by atoms with van der Waals surface area (Å²) < 4.78 is 1.13. The Morgan fingerprint density at radius 2 is 2.23 bits per heavy atom. The first-order chi connectivity index (χ1) is 10.6. The number of carbonyl (C=O) groups is 1. The fourth-order valence-corrected chi connectivity index (χ4v) is 3.32. The number of aliphatic hydroxyl groups is 1. The number of aromatic nitrogens is 2. The molecule has 1 unspecified atom stereocenters. The lowest BCUT2D eigenvalue weighted by Crippen LogP contribution is -2.29. The van der Waals surface area contributed by atoms with Gasteiger partial charge < -0.3 is 10.4 Å². The van der Waals surface area contributed by atoms with Crippen LogP contribution >= 0.6 is 11.3 Å². The van der Waals surface area contributed by atoms with Gasteiger partial charge in [0.2, 0.25) is 5.91 Å². The molecule has 2 heterocycles. The summed E-state index contributed by atoms with van der Waals surface area (Å²) in [5.74, 6) is -0.147. The third-order valence-corrected chi connectivity index (χ3v) is 4.58. The molecule has 1 atom stereocenters. The zero-order chi connectivity index (χ0) is 15.5. The zero-order valence-electron chi connectivity index (χ0n) is 12.2. The van der Waals surface area contributed by atoms with Crippen molar-refractivity contribution in [1.29, 1.82) is 0 Å². The van der Waals surface area contributed by atoms with Crippen molar-refractivity contribution in [3.8, 4) is 0 Å². The van der Waals surface area contributed by atoms with E-state index in [1.807, 2.05) is 43.3 Å². The van der Waals surface area contributed by atoms with Gasteiger partial charge >= 0.3 is 0 Å². The highest BCUT2D eigenvalue weighted by Crippen LogP contribution is 2.29. The SMILES string of the molecule is Cc1cc(CC(=O)NCC(O)c2cc3ccccc3s2)n[nH]1. The summed E-state index contributed by atoms with van der Waals surface area (Å²) in [6, 6.07) is 11.8. The molecule has 0 saturated heterocycles. The fourth-order valence-electron chi connectivity index (χ4n) is 2.27. The Labute approximate surface area is 132 Å². The van der Waals surface area contributed by atoms with Gasteiger partial charge in [-0.15, -0.1) is 11.3 Å². The van der Waals surface area contributed by atoms with Crippen molar-refractivity contribution in [3.63, 3.8) is 0 Å². The number of nitrogens with zero attached hydrogens (tertiary/aromatic N) is 1. The highest BCUT2D eigenvalue weighted by Gasteiger charge is 2.13. The van der Waals surface area contributed by atoms with E-state index in [0.717, 1.165) is 20.7 Å². The van der Waals surface area contributed by atoms with Crippen molar-refractivity contribution in [2.24, 2.45) is 0 Å². The average Bonchev–Trinajstić information content (AvgIpc) is 3.10. The molecule has 0 aliphatic rings. The molecule has 0 aliphatic heterocycles. The van der Waals surface area contributed by atoms with E-state index in [-0.39, 0.29) is 18.9 Å². The molecule has 1 aromatic carbocycles. The number of hydrogen-bond donors (Lipinski definition) is 3. The minimum absolute atomic E-state index is 0.147. The molecular weight excluding hydrogens is 298 g/mol. The van der Waals surface area contributed by atoms with Crippen LogP contribution in [0.3, 0.4) is 0 Å². The fraction of sp³-hybridized carbons (Fsp3) is 0.250. The molecule has 0 fully saturated rings. The van der Waals surface area contributed by atoms with Crippen molar-refractivity contribution in [1.82, 2.24) is 15.5 Å². The Morgan fingerprint density at radius 3 is 2.95 bits per heavy atom. The van der Waals surface area contributed by atoms with Crippen molar-refractivity contribution >= 4 is 27.3 Å². The molecule has 3 N–H and O–H groups in total. The summed E-state index contributed by atoms with van der Waals surface area (Å²) in [5.41, 5.74) is 1.62. The molecular formula is C16H17N3O2S. The van der Waals surface area contributed by atoms with Gasteiger partial charge in [0.15, 0.2) is 0 Å². The monoisotopic (exact) mass is 315 g/mol. The van der Waals surface area contributed by atoms with E-state index in [2.05, 4.69) is 15.5 Å². The second-order valence-corrected chi connectivity index (χ2v) is 6.34. The summed E-state index contributed by atoms with van der Waals surface area (Å²) in [7, 11) is 0. The molecule has 0 radical (unpaired) electrons. The van der Waals surface area contributed by atoms with Crippen LogP contribution in [0.1, 0.15) is 22.4 Å². The second kappa shape index (κ2) is 6.29. The molecule has 0 aliphatic carbocycles. The first-order valence-corrected chi connectivity index (χ1v) is 7.87. The molecule has 0 saturated carbocycles. The van der Waals surface area contributed by atoms with Gasteiger partial charge in [-0.25, -0.2) is 0 Å². The Morgan fingerprint density at radius 1 is 1.41 bits per heavy atom. The number of aromatic amines is 1. The van der Waals surface area contributed by atoms with Gasteiger partial charge in [0.25, 0.3) is 0 Å². The van der Waals surface area contributed by atoms with E-state index in [9.17, 15) is 9.90 Å². The minimum Gasteiger partial charge on any atom is -0.386 e. The number of carbonyl (C=O) groups excluding carboxylic acids is 1. The predicted octanol–water partition coefficient (Wildman–Crippen LogP) is 2.33. The Balaban J connectivity index is 1.57. The molecule has 6 heteroatoms. The van der Waals surface area contributed by atoms with Gasteiger partial charge in [-0.05, 0) is 30.5 Å². The standard InChI is InChI=1S/C16H17N3O2S/c1-10-6-12(19-18-10)8-16(21)17-9-13(20)15-7-11-4-2-3-5-14(11)22-15/h2-7,13,20H,8-9H2,1H3,(H,17,21)(H,18,19). The minimum atomic E-state index is -0.692. The van der Waals surface area contributed by atoms with Crippen molar-refractivity contribution in [2.75, 3.05) is 6.54 Å². The summed E-state index contributed by atoms with van der Waals surface area (Å²) in [4.78, 5) is 12.7. The van der Waals surface area contributed by atoms with Gasteiger partial charge in [0.1, 0.15) is 6.10 Å². The number of thiophene rings is 1. The van der Waals surface area contributed by atoms with Gasteiger partial charge in [-0.3, -0.25) is 9.89 Å². The quantitative estimate of drug-likeness (QED) is 0.676. The molecule has 0 bridgehead atoms. The van der Waals surface area contributed by atoms with E-state index >= 15 is 0 Å². The lowest BCUT2D eigenvalue weighted by atomic mass is 10.2. The van der Waals surface area contributed by atoms with Gasteiger partial charge in [0.05, 0.1) is 12.1 Å². The van der Waals surface area contributed by atoms with Crippen molar-refractivity contribution < 1.29 is 9.90 Å². The van der Waals surface area contributed by atoms with Gasteiger partial charge in [-0.1, -0.05) is 18.2 Å². The van der Waals surface area contributed by atoms with Crippen LogP contribution in [-0.2, 0) is 11.2 Å². The second-order valence-electron chi connectivity index (χ2n) is 5.23. The number of benzene rings is 1. The summed E-state index contributed by atoms with van der Waals surface area (Å²) in [6.07, 6.45) is -0.481. The van der Waals surface area contributed by atoms with Crippen LogP contribution in [0.25, 0.3) is 10.1 Å². The number of rotatable bonds is 5. The summed E-state index contributed by atoms with van der Waals surface area (Å²) >= 11 is 1.55. The van der Waals surface area contributed by atoms with Crippen LogP contribution in [0.2, 0.25) is 0 Å². The first-order valence-electron chi connectivity index (χ1n) is 7.06. The van der Waals surface area contributed by atoms with Crippen LogP contribution in [0.4, 0.5) is 0 Å². The number of nitrogens with one attached hydrogen (secondary N) is 2. The largest absolute Gasteiger partial charge is 0.386 e. The maximum Gasteiger partial charge on any atom is 0.226 e. The van der Waals surface area contributed by atoms with Gasteiger partial charge in [0, 0.05) is 21.8 Å². The molecule has 2 aromatic heterocycles. The molecule has 0 spiro atoms. The highest BCUT2D eigenvalue weighted by atomic mass is 32.1. The van der Waals surface area contributed by atoms with Crippen LogP contribution in [0.15, 0.2) is 36.4 Å². The maximum atomic E-state index is 11.9. The summed E-state index contributed by atoms with van der Waals surface area (Å²) in [6.45, 7) is 2.09. The molecule has 3 aromatic rings. The van der Waals surface area contributed by atoms with Crippen LogP contribution in [-0.4, -0.2) is 27.8 Å². The average molecular weight is 315 g/mol. The molecule has 3 rings (SSSR count). The molecule has 1 amide bonds. The highest BCUT2D eigenvalue weighted by molar-refractivity contribution is 7.19. The molecule has 5 nitrogen and oxygen atoms in total. The predicted molar refractivity (Wildman–Crippen MR) is 86.8 cm³/mol. The van der Waals surface area contributed by atoms with E-state index in [1.54, 1.807) is 11.3 Å². The lowest BCUT2D eigenvalue weighted by Gasteiger charge is -2.09. The Bertz CT molecular complexity index is 760. The van der Waals surface area contributed by atoms with Crippen LogP contribution in [0, 0.1) is 6.92 Å². The summed E-state index contributed by atoms with van der Waals surface area (Å²) in [5, 5.41) is 20.9. The third-order valence-electron chi connectivity index (χ3n) is 3.37. The first kappa shape index (κ1) is 14.7. The maximum absolute atomic E-state index is 11.9. The van der Waals surface area contributed by atoms with E-state index < -0.39 is 6.10 Å². The Kier molecular flexibility index (Phi) is 4.22. The molecule has 22 heavy (non-hydrogen) atoms. The van der Waals surface area contributed by atoms with E-state index in [0.29, 0.717) is 5.69 Å². The number of aryl methyl sites for hydroxylation is 1. The van der Waals surface area contributed by atoms with Crippen LogP contribution < -0.4 is 5.32 Å². The zero-order valence-corrected chi connectivity index (χ0v) is 13.0. The number of amides is 1. The number of H-pyrrole nitrogens is 1. The normalized spacial score (nSPS) is 12.5. The smallest absolute Gasteiger partial charge is 0.226 e. The van der Waals surface area contributed by atoms with Gasteiger partial charge in [-0.2, -0.15) is 5.10 Å². The Hall–Kier alpha value is -2.18.